The zero-order chi connectivity index (χ0) is 15.5. The summed E-state index contributed by atoms with van der Waals surface area (Å²) in [6.45, 7) is 8.38. The summed E-state index contributed by atoms with van der Waals surface area (Å²) in [5, 5.41) is 3.40. The number of likely N-dealkylation sites (tertiary alicyclic amines) is 1. The number of hydrogen-bond acceptors (Lipinski definition) is 3. The van der Waals surface area contributed by atoms with Gasteiger partial charge in [-0.05, 0) is 35.8 Å². The molecule has 1 aromatic carbocycles. The Labute approximate surface area is 132 Å². The maximum atomic E-state index is 12.4. The van der Waals surface area contributed by atoms with Gasteiger partial charge in [-0.2, -0.15) is 0 Å². The van der Waals surface area contributed by atoms with E-state index in [4.69, 9.17) is 4.74 Å². The van der Waals surface area contributed by atoms with Crippen LogP contribution in [-0.4, -0.2) is 43.6 Å². The van der Waals surface area contributed by atoms with Crippen molar-refractivity contribution in [3.05, 3.63) is 29.8 Å². The molecular formula is C18H26N2O2. The number of nitrogens with one attached hydrogen (secondary N) is 1. The molecule has 0 saturated carbocycles. The Kier molecular flexibility index (Phi) is 4.67. The van der Waals surface area contributed by atoms with Crippen LogP contribution in [0.15, 0.2) is 24.3 Å². The molecule has 0 aliphatic carbocycles. The predicted octanol–water partition coefficient (Wildman–Crippen LogP) is 2.26. The zero-order valence-corrected chi connectivity index (χ0v) is 13.5. The molecular weight excluding hydrogens is 276 g/mol. The number of hydrogen-bond donors (Lipinski definition) is 1. The van der Waals surface area contributed by atoms with Gasteiger partial charge in [0.2, 0.25) is 0 Å². The van der Waals surface area contributed by atoms with Crippen LogP contribution in [-0.2, 0) is 4.79 Å². The van der Waals surface area contributed by atoms with Crippen LogP contribution in [0.25, 0.3) is 0 Å². The Bertz CT molecular complexity index is 520. The van der Waals surface area contributed by atoms with Crippen molar-refractivity contribution in [1.82, 2.24) is 10.2 Å². The molecule has 2 aliphatic heterocycles. The van der Waals surface area contributed by atoms with Crippen LogP contribution in [0, 0.1) is 11.8 Å². The van der Waals surface area contributed by atoms with Crippen molar-refractivity contribution in [1.29, 1.82) is 0 Å². The first-order valence-electron chi connectivity index (χ1n) is 8.39. The lowest BCUT2D eigenvalue weighted by atomic mass is 9.98. The third kappa shape index (κ3) is 3.12. The molecule has 2 heterocycles. The number of para-hydroxylation sites is 1. The fraction of sp³-hybridized carbons (Fsp3) is 0.611. The van der Waals surface area contributed by atoms with Crippen LogP contribution < -0.4 is 10.1 Å². The van der Waals surface area contributed by atoms with Crippen molar-refractivity contribution in [2.45, 2.75) is 26.2 Å². The number of amides is 1. The van der Waals surface area contributed by atoms with E-state index in [2.05, 4.69) is 25.2 Å². The minimum Gasteiger partial charge on any atom is -0.483 e. The van der Waals surface area contributed by atoms with E-state index in [0.29, 0.717) is 17.8 Å². The Morgan fingerprint density at radius 3 is 2.68 bits per heavy atom. The second-order valence-corrected chi connectivity index (χ2v) is 6.61. The summed E-state index contributed by atoms with van der Waals surface area (Å²) in [7, 11) is 0. The van der Waals surface area contributed by atoms with Crippen LogP contribution in [0.3, 0.4) is 0 Å². The topological polar surface area (TPSA) is 41.6 Å². The Morgan fingerprint density at radius 1 is 1.32 bits per heavy atom. The maximum absolute atomic E-state index is 12.4. The van der Waals surface area contributed by atoms with E-state index in [9.17, 15) is 4.79 Å². The smallest absolute Gasteiger partial charge is 0.260 e. The van der Waals surface area contributed by atoms with Gasteiger partial charge in [-0.3, -0.25) is 4.79 Å². The van der Waals surface area contributed by atoms with E-state index < -0.39 is 0 Å². The van der Waals surface area contributed by atoms with E-state index in [1.807, 2.05) is 23.1 Å². The minimum atomic E-state index is 0.119. The fourth-order valence-electron chi connectivity index (χ4n) is 3.53. The number of fused-ring (bicyclic) bond motifs is 1. The van der Waals surface area contributed by atoms with Crippen molar-refractivity contribution < 1.29 is 9.53 Å². The summed E-state index contributed by atoms with van der Waals surface area (Å²) >= 11 is 0. The molecule has 4 heteroatoms. The second-order valence-electron chi connectivity index (χ2n) is 6.61. The van der Waals surface area contributed by atoms with Gasteiger partial charge in [0.1, 0.15) is 5.75 Å². The van der Waals surface area contributed by atoms with E-state index in [1.165, 1.54) is 5.56 Å². The molecule has 0 aromatic heterocycles. The molecule has 120 valence electrons. The fourth-order valence-corrected chi connectivity index (χ4v) is 3.53. The Balaban J connectivity index is 1.57. The number of ether oxygens (including phenoxy) is 1. The highest BCUT2D eigenvalue weighted by molar-refractivity contribution is 5.78. The summed E-state index contributed by atoms with van der Waals surface area (Å²) in [5.74, 6) is 2.69. The SMILES string of the molecule is CCC(C)c1ccccc1OCC(=O)N1C[C@H]2CNC[C@H]2C1. The molecule has 1 unspecified atom stereocenters. The number of rotatable bonds is 5. The van der Waals surface area contributed by atoms with Crippen molar-refractivity contribution >= 4 is 5.91 Å². The summed E-state index contributed by atoms with van der Waals surface area (Å²) in [4.78, 5) is 14.4. The van der Waals surface area contributed by atoms with Gasteiger partial charge in [-0.15, -0.1) is 0 Å². The summed E-state index contributed by atoms with van der Waals surface area (Å²) in [6, 6.07) is 8.07. The van der Waals surface area contributed by atoms with Crippen molar-refractivity contribution in [2.75, 3.05) is 32.8 Å². The normalized spacial score (nSPS) is 25.1. The van der Waals surface area contributed by atoms with Crippen LogP contribution in [0.4, 0.5) is 0 Å². The molecule has 0 spiro atoms. The quantitative estimate of drug-likeness (QED) is 0.907. The molecule has 0 radical (unpaired) electrons. The molecule has 22 heavy (non-hydrogen) atoms. The van der Waals surface area contributed by atoms with Crippen LogP contribution in [0.2, 0.25) is 0 Å². The van der Waals surface area contributed by atoms with Gasteiger partial charge in [-0.1, -0.05) is 32.0 Å². The first kappa shape index (κ1) is 15.3. The third-order valence-corrected chi connectivity index (χ3v) is 5.16. The lowest BCUT2D eigenvalue weighted by Gasteiger charge is -2.19. The monoisotopic (exact) mass is 302 g/mol. The number of carbonyl (C=O) groups is 1. The number of nitrogens with zero attached hydrogens (tertiary/aromatic N) is 1. The van der Waals surface area contributed by atoms with Crippen molar-refractivity contribution in [3.63, 3.8) is 0 Å². The van der Waals surface area contributed by atoms with Gasteiger partial charge < -0.3 is 15.0 Å². The largest absolute Gasteiger partial charge is 0.483 e. The molecule has 0 bridgehead atoms. The van der Waals surface area contributed by atoms with Gasteiger partial charge >= 0.3 is 0 Å². The van der Waals surface area contributed by atoms with Gasteiger partial charge in [-0.25, -0.2) is 0 Å². The van der Waals surface area contributed by atoms with Gasteiger partial charge in [0.15, 0.2) is 6.61 Å². The lowest BCUT2D eigenvalue weighted by molar-refractivity contribution is -0.132. The lowest BCUT2D eigenvalue weighted by Crippen LogP contribution is -2.35. The molecule has 3 atom stereocenters. The average Bonchev–Trinajstić information content (AvgIpc) is 3.13. The maximum Gasteiger partial charge on any atom is 0.260 e. The molecule has 1 aromatic rings. The minimum absolute atomic E-state index is 0.119. The first-order chi connectivity index (χ1) is 10.7. The second kappa shape index (κ2) is 6.69. The summed E-state index contributed by atoms with van der Waals surface area (Å²) in [6.07, 6.45) is 1.07. The first-order valence-corrected chi connectivity index (χ1v) is 8.39. The molecule has 3 rings (SSSR count). The van der Waals surface area contributed by atoms with Gasteiger partial charge in [0, 0.05) is 26.2 Å². The number of benzene rings is 1. The van der Waals surface area contributed by atoms with Crippen LogP contribution in [0.5, 0.6) is 5.75 Å². The molecule has 2 aliphatic rings. The van der Waals surface area contributed by atoms with Crippen molar-refractivity contribution in [2.24, 2.45) is 11.8 Å². The molecule has 1 amide bonds. The Hall–Kier alpha value is -1.55. The molecule has 2 saturated heterocycles. The van der Waals surface area contributed by atoms with E-state index in [0.717, 1.165) is 38.3 Å². The molecule has 1 N–H and O–H groups in total. The Morgan fingerprint density at radius 2 is 2.00 bits per heavy atom. The standard InChI is InChI=1S/C18H26N2O2/c1-3-13(2)16-6-4-5-7-17(16)22-12-18(21)20-10-14-8-19-9-15(14)11-20/h4-7,13-15,19H,3,8-12H2,1-2H3/t13?,14-,15+. The van der Waals surface area contributed by atoms with Crippen molar-refractivity contribution in [3.8, 4) is 5.75 Å². The van der Waals surface area contributed by atoms with Gasteiger partial charge in [0.05, 0.1) is 0 Å². The highest BCUT2D eigenvalue weighted by atomic mass is 16.5. The van der Waals surface area contributed by atoms with Crippen LogP contribution in [0.1, 0.15) is 31.7 Å². The highest BCUT2D eigenvalue weighted by Crippen LogP contribution is 2.29. The summed E-state index contributed by atoms with van der Waals surface area (Å²) in [5.41, 5.74) is 1.19. The van der Waals surface area contributed by atoms with E-state index in [-0.39, 0.29) is 12.5 Å². The third-order valence-electron chi connectivity index (χ3n) is 5.16. The zero-order valence-electron chi connectivity index (χ0n) is 13.5. The predicted molar refractivity (Wildman–Crippen MR) is 87.1 cm³/mol. The molecule has 4 nitrogen and oxygen atoms in total. The number of carbonyl (C=O) groups excluding carboxylic acids is 1. The highest BCUT2D eigenvalue weighted by Gasteiger charge is 2.38. The molecule has 2 fully saturated rings. The van der Waals surface area contributed by atoms with E-state index >= 15 is 0 Å². The average molecular weight is 302 g/mol. The van der Waals surface area contributed by atoms with Gasteiger partial charge in [0.25, 0.3) is 5.91 Å². The summed E-state index contributed by atoms with van der Waals surface area (Å²) < 4.78 is 5.85. The van der Waals surface area contributed by atoms with E-state index in [1.54, 1.807) is 0 Å². The van der Waals surface area contributed by atoms with Crippen LogP contribution >= 0.6 is 0 Å².